The van der Waals surface area contributed by atoms with Crippen molar-refractivity contribution < 1.29 is 14.4 Å². The van der Waals surface area contributed by atoms with E-state index in [1.54, 1.807) is 24.3 Å². The molecule has 36 heavy (non-hydrogen) atoms. The summed E-state index contributed by atoms with van der Waals surface area (Å²) in [4.78, 5) is 19.1. The van der Waals surface area contributed by atoms with Crippen molar-refractivity contribution in [3.63, 3.8) is 0 Å². The second-order valence-corrected chi connectivity index (χ2v) is 9.70. The SMILES string of the molecule is O=C(On1nnc2ccccc21)c1ccc(-c2nnc(-c3ccc(OC4CCCCC4)cc3)s2)cc1. The van der Waals surface area contributed by atoms with Gasteiger partial charge < -0.3 is 9.57 Å². The number of rotatable bonds is 6. The number of benzene rings is 3. The molecule has 0 N–H and O–H groups in total. The predicted molar refractivity (Wildman–Crippen MR) is 137 cm³/mol. The Kier molecular flexibility index (Phi) is 6.13. The molecule has 2 heterocycles. The van der Waals surface area contributed by atoms with Crippen molar-refractivity contribution in [2.45, 2.75) is 38.2 Å². The molecule has 0 atom stereocenters. The summed E-state index contributed by atoms with van der Waals surface area (Å²) >= 11 is 1.50. The van der Waals surface area contributed by atoms with Crippen LogP contribution in [0.4, 0.5) is 0 Å². The van der Waals surface area contributed by atoms with Gasteiger partial charge >= 0.3 is 5.97 Å². The molecular formula is C27H23N5O3S. The lowest BCUT2D eigenvalue weighted by molar-refractivity contribution is 0.0409. The zero-order valence-corrected chi connectivity index (χ0v) is 20.2. The molecule has 0 aliphatic heterocycles. The molecule has 0 unspecified atom stereocenters. The number of nitrogens with zero attached hydrogens (tertiary/aromatic N) is 5. The first kappa shape index (κ1) is 22.4. The molecule has 9 heteroatoms. The van der Waals surface area contributed by atoms with E-state index >= 15 is 0 Å². The normalized spacial score (nSPS) is 14.1. The largest absolute Gasteiger partial charge is 0.490 e. The maximum Gasteiger partial charge on any atom is 0.365 e. The highest BCUT2D eigenvalue weighted by Crippen LogP contribution is 2.31. The second kappa shape index (κ2) is 9.87. The first-order valence-corrected chi connectivity index (χ1v) is 12.8. The van der Waals surface area contributed by atoms with Gasteiger partial charge in [0.15, 0.2) is 0 Å². The second-order valence-electron chi connectivity index (χ2n) is 8.72. The topological polar surface area (TPSA) is 92.0 Å². The van der Waals surface area contributed by atoms with E-state index in [2.05, 4.69) is 20.5 Å². The zero-order valence-electron chi connectivity index (χ0n) is 19.4. The van der Waals surface area contributed by atoms with Crippen molar-refractivity contribution in [3.8, 4) is 26.9 Å². The molecule has 1 fully saturated rings. The van der Waals surface area contributed by atoms with Gasteiger partial charge in [0.2, 0.25) is 0 Å². The van der Waals surface area contributed by atoms with Crippen molar-refractivity contribution in [1.29, 1.82) is 0 Å². The first-order chi connectivity index (χ1) is 17.7. The van der Waals surface area contributed by atoms with Crippen LogP contribution in [0.1, 0.15) is 42.5 Å². The van der Waals surface area contributed by atoms with Gasteiger partial charge in [0.05, 0.1) is 11.7 Å². The third-order valence-electron chi connectivity index (χ3n) is 6.24. The fraction of sp³-hybridized carbons (Fsp3) is 0.222. The van der Waals surface area contributed by atoms with Gasteiger partial charge in [0.1, 0.15) is 26.8 Å². The van der Waals surface area contributed by atoms with Crippen LogP contribution in [0.2, 0.25) is 0 Å². The monoisotopic (exact) mass is 497 g/mol. The Morgan fingerprint density at radius 2 is 1.47 bits per heavy atom. The third kappa shape index (κ3) is 4.70. The molecule has 6 rings (SSSR count). The van der Waals surface area contributed by atoms with Crippen LogP contribution in [0.15, 0.2) is 72.8 Å². The summed E-state index contributed by atoms with van der Waals surface area (Å²) in [5.74, 6) is 0.377. The van der Waals surface area contributed by atoms with E-state index in [1.807, 2.05) is 48.5 Å². The lowest BCUT2D eigenvalue weighted by Crippen LogP contribution is -2.20. The lowest BCUT2D eigenvalue weighted by Gasteiger charge is -2.22. The van der Waals surface area contributed by atoms with Gasteiger partial charge in [-0.25, -0.2) is 4.79 Å². The van der Waals surface area contributed by atoms with E-state index in [1.165, 1.54) is 30.6 Å². The molecular weight excluding hydrogens is 474 g/mol. The minimum absolute atomic E-state index is 0.327. The fourth-order valence-electron chi connectivity index (χ4n) is 4.30. The van der Waals surface area contributed by atoms with Crippen molar-refractivity contribution >= 4 is 28.3 Å². The quantitative estimate of drug-likeness (QED) is 0.282. The highest BCUT2D eigenvalue weighted by Gasteiger charge is 2.16. The van der Waals surface area contributed by atoms with Crippen LogP contribution in [0.3, 0.4) is 0 Å². The van der Waals surface area contributed by atoms with Crippen LogP contribution < -0.4 is 9.57 Å². The van der Waals surface area contributed by atoms with E-state index in [-0.39, 0.29) is 0 Å². The maximum absolute atomic E-state index is 12.6. The van der Waals surface area contributed by atoms with Crippen LogP contribution in [-0.4, -0.2) is 37.4 Å². The van der Waals surface area contributed by atoms with E-state index < -0.39 is 5.97 Å². The first-order valence-electron chi connectivity index (χ1n) is 12.0. The van der Waals surface area contributed by atoms with Gasteiger partial charge in [0, 0.05) is 11.1 Å². The Morgan fingerprint density at radius 1 is 0.806 bits per heavy atom. The van der Waals surface area contributed by atoms with Crippen molar-refractivity contribution in [3.05, 3.63) is 78.4 Å². The summed E-state index contributed by atoms with van der Waals surface area (Å²) in [7, 11) is 0. The Bertz CT molecular complexity index is 1490. The number of carbonyl (C=O) groups excluding carboxylic acids is 1. The molecule has 0 amide bonds. The van der Waals surface area contributed by atoms with Gasteiger partial charge in [-0.2, -0.15) is 0 Å². The summed E-state index contributed by atoms with van der Waals surface area (Å²) in [6, 6.07) is 22.4. The van der Waals surface area contributed by atoms with Gasteiger partial charge in [0.25, 0.3) is 0 Å². The molecule has 0 bridgehead atoms. The Labute approximate surface area is 211 Å². The van der Waals surface area contributed by atoms with Crippen molar-refractivity contribution in [1.82, 2.24) is 25.4 Å². The molecule has 5 aromatic rings. The highest BCUT2D eigenvalue weighted by molar-refractivity contribution is 7.17. The molecule has 1 aliphatic rings. The van der Waals surface area contributed by atoms with Crippen molar-refractivity contribution in [2.24, 2.45) is 0 Å². The van der Waals surface area contributed by atoms with Crippen LogP contribution in [0, 0.1) is 0 Å². The number of para-hydroxylation sites is 1. The fourth-order valence-corrected chi connectivity index (χ4v) is 5.16. The van der Waals surface area contributed by atoms with Crippen LogP contribution in [0.25, 0.3) is 32.2 Å². The van der Waals surface area contributed by atoms with E-state index in [0.29, 0.717) is 22.7 Å². The van der Waals surface area contributed by atoms with Crippen LogP contribution in [0.5, 0.6) is 5.75 Å². The molecule has 3 aromatic carbocycles. The molecule has 1 saturated carbocycles. The zero-order chi connectivity index (χ0) is 24.3. The predicted octanol–water partition coefficient (Wildman–Crippen LogP) is 5.60. The average Bonchev–Trinajstić information content (AvgIpc) is 3.58. The molecule has 1 aliphatic carbocycles. The molecule has 0 saturated heterocycles. The Hall–Kier alpha value is -4.11. The highest BCUT2D eigenvalue weighted by atomic mass is 32.1. The minimum atomic E-state index is -0.523. The lowest BCUT2D eigenvalue weighted by atomic mass is 9.98. The van der Waals surface area contributed by atoms with Gasteiger partial charge in [-0.1, -0.05) is 46.9 Å². The Morgan fingerprint density at radius 3 is 2.19 bits per heavy atom. The standard InChI is InChI=1S/C27H23N5O3S/c33-27(35-32-24-9-5-4-8-23(24)28-31-32)20-12-10-18(11-13-20)25-29-30-26(36-25)19-14-16-22(17-15-19)34-21-6-2-1-3-7-21/h4-5,8-17,21H,1-3,6-7H2. The molecule has 8 nitrogen and oxygen atoms in total. The van der Waals surface area contributed by atoms with Gasteiger partial charge in [-0.05, 0) is 79.4 Å². The summed E-state index contributed by atoms with van der Waals surface area (Å²) < 4.78 is 6.13. The molecule has 180 valence electrons. The summed E-state index contributed by atoms with van der Waals surface area (Å²) in [6.45, 7) is 0. The van der Waals surface area contributed by atoms with Gasteiger partial charge in [-0.15, -0.1) is 15.3 Å². The Balaban J connectivity index is 1.12. The van der Waals surface area contributed by atoms with E-state index in [0.717, 1.165) is 44.6 Å². The molecule has 2 aromatic heterocycles. The number of hydrogen-bond acceptors (Lipinski definition) is 8. The molecule has 0 radical (unpaired) electrons. The minimum Gasteiger partial charge on any atom is -0.490 e. The van der Waals surface area contributed by atoms with E-state index in [9.17, 15) is 4.79 Å². The van der Waals surface area contributed by atoms with Crippen LogP contribution >= 0.6 is 11.3 Å². The van der Waals surface area contributed by atoms with Crippen LogP contribution in [-0.2, 0) is 0 Å². The number of ether oxygens (including phenoxy) is 1. The number of aromatic nitrogens is 5. The number of fused-ring (bicyclic) bond motifs is 1. The number of carbonyl (C=O) groups is 1. The van der Waals surface area contributed by atoms with Crippen molar-refractivity contribution in [2.75, 3.05) is 0 Å². The summed E-state index contributed by atoms with van der Waals surface area (Å²) in [6.07, 6.45) is 6.40. The maximum atomic E-state index is 12.6. The number of hydrogen-bond donors (Lipinski definition) is 0. The summed E-state index contributed by atoms with van der Waals surface area (Å²) in [5, 5.41) is 18.2. The smallest absolute Gasteiger partial charge is 0.365 e. The molecule has 0 spiro atoms. The van der Waals surface area contributed by atoms with Gasteiger partial charge in [-0.3, -0.25) is 0 Å². The average molecular weight is 498 g/mol. The third-order valence-corrected chi connectivity index (χ3v) is 7.26. The van der Waals surface area contributed by atoms with E-state index in [4.69, 9.17) is 9.57 Å². The summed E-state index contributed by atoms with van der Waals surface area (Å²) in [5.41, 5.74) is 3.54.